The zero-order valence-corrected chi connectivity index (χ0v) is 22.3. The largest absolute Gasteiger partial charge is 0.479 e. The molecule has 1 unspecified atom stereocenters. The SMILES string of the molecule is COC(=O)[C@H](C)NP(=O)(OC[C@@H]1C=C[C@H](n2cnc3c(OC)nc(N)nc32)C1)Oc1ccc(Br)cc1. The lowest BCUT2D eigenvalue weighted by molar-refractivity contribution is -0.142. The van der Waals surface area contributed by atoms with Crippen LogP contribution in [0.3, 0.4) is 0 Å². The zero-order chi connectivity index (χ0) is 25.9. The van der Waals surface area contributed by atoms with Crippen LogP contribution in [0.5, 0.6) is 11.6 Å². The molecule has 36 heavy (non-hydrogen) atoms. The Balaban J connectivity index is 1.47. The minimum Gasteiger partial charge on any atom is -0.479 e. The minimum absolute atomic E-state index is 0.0781. The summed E-state index contributed by atoms with van der Waals surface area (Å²) < 4.78 is 37.8. The van der Waals surface area contributed by atoms with Gasteiger partial charge in [-0.2, -0.15) is 15.1 Å². The number of ether oxygens (including phenoxy) is 2. The third-order valence-electron chi connectivity index (χ3n) is 5.51. The van der Waals surface area contributed by atoms with Gasteiger partial charge in [0.1, 0.15) is 11.8 Å². The molecule has 3 N–H and O–H groups in total. The van der Waals surface area contributed by atoms with Gasteiger partial charge in [-0.05, 0) is 37.6 Å². The molecule has 2 aromatic heterocycles. The summed E-state index contributed by atoms with van der Waals surface area (Å²) in [5, 5.41) is 2.65. The molecule has 1 aliphatic carbocycles. The van der Waals surface area contributed by atoms with E-state index in [0.717, 1.165) is 4.47 Å². The molecule has 1 aromatic carbocycles. The molecule has 3 aromatic rings. The van der Waals surface area contributed by atoms with Gasteiger partial charge in [0, 0.05) is 10.4 Å². The van der Waals surface area contributed by atoms with E-state index in [0.29, 0.717) is 29.2 Å². The van der Waals surface area contributed by atoms with Crippen LogP contribution in [-0.2, 0) is 18.6 Å². The Bertz CT molecular complexity index is 1320. The lowest BCUT2D eigenvalue weighted by atomic mass is 10.1. The summed E-state index contributed by atoms with van der Waals surface area (Å²) in [7, 11) is -1.20. The number of hydrogen-bond acceptors (Lipinski definition) is 10. The molecule has 192 valence electrons. The fraction of sp³-hybridized carbons (Fsp3) is 0.364. The molecule has 12 nitrogen and oxygen atoms in total. The molecule has 0 amide bonds. The Hall–Kier alpha value is -2.99. The van der Waals surface area contributed by atoms with Gasteiger partial charge >= 0.3 is 13.7 Å². The molecule has 14 heteroatoms. The number of nitrogens with two attached hydrogens (primary N) is 1. The van der Waals surface area contributed by atoms with E-state index in [-0.39, 0.29) is 24.5 Å². The van der Waals surface area contributed by atoms with Crippen molar-refractivity contribution in [3.8, 4) is 11.6 Å². The van der Waals surface area contributed by atoms with Gasteiger partial charge in [-0.1, -0.05) is 28.1 Å². The summed E-state index contributed by atoms with van der Waals surface area (Å²) in [6, 6.07) is 5.77. The maximum Gasteiger partial charge on any atom is 0.459 e. The molecule has 0 radical (unpaired) electrons. The number of nitrogens with zero attached hydrogens (tertiary/aromatic N) is 4. The first-order valence-electron chi connectivity index (χ1n) is 11.0. The fourth-order valence-electron chi connectivity index (χ4n) is 3.76. The number of hydrogen-bond donors (Lipinski definition) is 2. The van der Waals surface area contributed by atoms with Gasteiger partial charge in [0.2, 0.25) is 11.8 Å². The van der Waals surface area contributed by atoms with E-state index in [1.54, 1.807) is 30.6 Å². The van der Waals surface area contributed by atoms with Crippen LogP contribution < -0.4 is 20.1 Å². The number of aromatic nitrogens is 4. The number of nitrogens with one attached hydrogen (secondary N) is 1. The third kappa shape index (κ3) is 5.86. The average molecular weight is 581 g/mol. The van der Waals surface area contributed by atoms with E-state index in [1.165, 1.54) is 21.1 Å². The number of methoxy groups -OCH3 is 2. The monoisotopic (exact) mass is 580 g/mol. The van der Waals surface area contributed by atoms with Crippen LogP contribution in [0, 0.1) is 5.92 Å². The van der Waals surface area contributed by atoms with Crippen LogP contribution in [0.25, 0.3) is 11.2 Å². The molecule has 0 fully saturated rings. The number of rotatable bonds is 10. The first kappa shape index (κ1) is 26.1. The van der Waals surface area contributed by atoms with E-state index in [2.05, 4.69) is 36.0 Å². The Morgan fingerprint density at radius 2 is 2.03 bits per heavy atom. The lowest BCUT2D eigenvalue weighted by Gasteiger charge is -2.24. The second-order valence-electron chi connectivity index (χ2n) is 8.08. The van der Waals surface area contributed by atoms with E-state index in [4.69, 9.17) is 24.3 Å². The van der Waals surface area contributed by atoms with Crippen molar-refractivity contribution in [1.29, 1.82) is 0 Å². The van der Waals surface area contributed by atoms with Crippen LogP contribution in [0.1, 0.15) is 19.4 Å². The molecule has 2 heterocycles. The number of carbonyl (C=O) groups is 1. The summed E-state index contributed by atoms with van der Waals surface area (Å²) in [5.74, 6) is 0.0186. The number of fused-ring (bicyclic) bond motifs is 1. The molecule has 4 atom stereocenters. The van der Waals surface area contributed by atoms with E-state index in [9.17, 15) is 9.36 Å². The highest BCUT2D eigenvalue weighted by molar-refractivity contribution is 9.10. The van der Waals surface area contributed by atoms with Crippen LogP contribution in [0.15, 0.2) is 47.2 Å². The fourth-order valence-corrected chi connectivity index (χ4v) is 5.57. The van der Waals surface area contributed by atoms with Crippen LogP contribution >= 0.6 is 23.7 Å². The van der Waals surface area contributed by atoms with Gasteiger partial charge in [0.25, 0.3) is 0 Å². The van der Waals surface area contributed by atoms with Crippen molar-refractivity contribution in [2.75, 3.05) is 26.6 Å². The highest BCUT2D eigenvalue weighted by Crippen LogP contribution is 2.46. The van der Waals surface area contributed by atoms with Crippen molar-refractivity contribution in [2.24, 2.45) is 5.92 Å². The van der Waals surface area contributed by atoms with Crippen molar-refractivity contribution in [3.63, 3.8) is 0 Å². The third-order valence-corrected chi connectivity index (χ3v) is 7.68. The number of carbonyl (C=O) groups excluding carboxylic acids is 1. The molecule has 1 aliphatic rings. The first-order chi connectivity index (χ1) is 17.2. The Kier molecular flexibility index (Phi) is 7.94. The van der Waals surface area contributed by atoms with Crippen LogP contribution in [0.4, 0.5) is 5.95 Å². The smallest absolute Gasteiger partial charge is 0.459 e. The van der Waals surface area contributed by atoms with Gasteiger partial charge in [-0.25, -0.2) is 9.55 Å². The number of anilines is 1. The normalized spacial score (nSPS) is 19.7. The number of esters is 1. The van der Waals surface area contributed by atoms with Crippen LogP contribution in [-0.4, -0.2) is 52.4 Å². The maximum atomic E-state index is 13.6. The summed E-state index contributed by atoms with van der Waals surface area (Å²) in [6.07, 6.45) is 6.24. The molecule has 0 saturated carbocycles. The van der Waals surface area contributed by atoms with Gasteiger partial charge < -0.3 is 24.3 Å². The van der Waals surface area contributed by atoms with E-state index >= 15 is 0 Å². The summed E-state index contributed by atoms with van der Waals surface area (Å²) in [5.41, 5.74) is 6.88. The van der Waals surface area contributed by atoms with Crippen molar-refractivity contribution < 1.29 is 27.9 Å². The van der Waals surface area contributed by atoms with Crippen LogP contribution in [0.2, 0.25) is 0 Å². The van der Waals surface area contributed by atoms with Gasteiger partial charge in [-0.3, -0.25) is 9.32 Å². The molecule has 4 rings (SSSR count). The van der Waals surface area contributed by atoms with Gasteiger partial charge in [-0.15, -0.1) is 0 Å². The molecular weight excluding hydrogens is 555 g/mol. The number of imidazole rings is 1. The predicted octanol–water partition coefficient (Wildman–Crippen LogP) is 3.65. The maximum absolute atomic E-state index is 13.6. The van der Waals surface area contributed by atoms with Crippen molar-refractivity contribution in [3.05, 3.63) is 47.2 Å². The van der Waals surface area contributed by atoms with Gasteiger partial charge in [0.05, 0.1) is 33.2 Å². The summed E-state index contributed by atoms with van der Waals surface area (Å²) in [4.78, 5) is 24.7. The molecule has 0 aliphatic heterocycles. The molecule has 0 spiro atoms. The number of halogens is 1. The lowest BCUT2D eigenvalue weighted by Crippen LogP contribution is -2.34. The standard InChI is InChI=1S/C22H26BrN6O6P/c1-13(21(30)33-3)28-36(31,35-17-8-5-15(23)6-9-17)34-11-14-4-7-16(10-14)29-12-25-18-19(29)26-22(24)27-20(18)32-2/h4-9,12-14,16H,10-11H2,1-3H3,(H,28,31)(H2,24,26,27)/t13-,14+,16-,36?/m0/s1. The summed E-state index contributed by atoms with van der Waals surface area (Å²) in [6.45, 7) is 1.60. The van der Waals surface area contributed by atoms with Gasteiger partial charge in [0.15, 0.2) is 11.2 Å². The average Bonchev–Trinajstić information content (AvgIpc) is 3.50. The number of nitrogen functional groups attached to an aromatic ring is 1. The second-order valence-corrected chi connectivity index (χ2v) is 10.7. The molecular formula is C22H26BrN6O6P. The minimum atomic E-state index is -3.94. The summed E-state index contributed by atoms with van der Waals surface area (Å²) >= 11 is 3.35. The Morgan fingerprint density at radius 1 is 1.28 bits per heavy atom. The van der Waals surface area contributed by atoms with Crippen molar-refractivity contribution in [1.82, 2.24) is 24.6 Å². The highest BCUT2D eigenvalue weighted by atomic mass is 79.9. The Morgan fingerprint density at radius 3 is 2.72 bits per heavy atom. The van der Waals surface area contributed by atoms with E-state index in [1.807, 2.05) is 16.7 Å². The first-order valence-corrected chi connectivity index (χ1v) is 13.3. The van der Waals surface area contributed by atoms with Crippen molar-refractivity contribution >= 4 is 46.8 Å². The quantitative estimate of drug-likeness (QED) is 0.205. The molecule has 0 bridgehead atoms. The van der Waals surface area contributed by atoms with E-state index < -0.39 is 19.8 Å². The zero-order valence-electron chi connectivity index (χ0n) is 19.8. The molecule has 0 saturated heterocycles. The number of benzene rings is 1. The topological polar surface area (TPSA) is 153 Å². The number of allylic oxidation sites excluding steroid dienone is 1. The predicted molar refractivity (Wildman–Crippen MR) is 136 cm³/mol. The Labute approximate surface area is 215 Å². The second kappa shape index (κ2) is 11.0. The van der Waals surface area contributed by atoms with Crippen molar-refractivity contribution in [2.45, 2.75) is 25.4 Å². The highest BCUT2D eigenvalue weighted by Gasteiger charge is 2.34.